The zero-order valence-electron chi connectivity index (χ0n) is 17.1. The number of thiocarbonyl (C=S) groups is 1. The van der Waals surface area contributed by atoms with Crippen molar-refractivity contribution in [1.29, 1.82) is 0 Å². The standard InChI is InChI=1S/C21H32N4O2S/c1-17-4-3-5-19(16-17)22-21(28)25(11-10-23-12-14-27-15-13-23)20-6-8-24(9-7-20)18(2)26/h3-5,16,20H,6-15H2,1-2H3,(H,22,28)/p+1. The summed E-state index contributed by atoms with van der Waals surface area (Å²) in [5.74, 6) is 0.170. The highest BCUT2D eigenvalue weighted by molar-refractivity contribution is 7.80. The number of quaternary nitrogens is 1. The van der Waals surface area contributed by atoms with E-state index < -0.39 is 0 Å². The summed E-state index contributed by atoms with van der Waals surface area (Å²) in [5, 5.41) is 4.24. The van der Waals surface area contributed by atoms with Gasteiger partial charge in [-0.1, -0.05) is 12.1 Å². The van der Waals surface area contributed by atoms with Gasteiger partial charge in [-0.15, -0.1) is 0 Å². The maximum atomic E-state index is 11.7. The van der Waals surface area contributed by atoms with Gasteiger partial charge in [-0.25, -0.2) is 0 Å². The van der Waals surface area contributed by atoms with E-state index in [2.05, 4.69) is 35.3 Å². The molecule has 0 saturated carbocycles. The molecule has 1 aromatic carbocycles. The molecular weight excluding hydrogens is 372 g/mol. The van der Waals surface area contributed by atoms with Gasteiger partial charge in [0.1, 0.15) is 13.1 Å². The average Bonchev–Trinajstić information content (AvgIpc) is 2.69. The van der Waals surface area contributed by atoms with E-state index in [4.69, 9.17) is 17.0 Å². The largest absolute Gasteiger partial charge is 0.370 e. The van der Waals surface area contributed by atoms with Crippen molar-refractivity contribution >= 4 is 28.9 Å². The number of hydrogen-bond donors (Lipinski definition) is 2. The van der Waals surface area contributed by atoms with Crippen LogP contribution in [0.1, 0.15) is 25.3 Å². The molecule has 0 unspecified atom stereocenters. The normalized spacial score (nSPS) is 18.7. The Bertz CT molecular complexity index is 670. The first-order valence-corrected chi connectivity index (χ1v) is 10.7. The summed E-state index contributed by atoms with van der Waals surface area (Å²) in [7, 11) is 0. The van der Waals surface area contributed by atoms with E-state index in [1.165, 1.54) is 5.56 Å². The number of amides is 1. The summed E-state index contributed by atoms with van der Waals surface area (Å²) in [5.41, 5.74) is 2.25. The van der Waals surface area contributed by atoms with E-state index in [1.807, 2.05) is 11.0 Å². The van der Waals surface area contributed by atoms with E-state index in [-0.39, 0.29) is 5.91 Å². The Morgan fingerprint density at radius 1 is 1.32 bits per heavy atom. The summed E-state index contributed by atoms with van der Waals surface area (Å²) >= 11 is 5.83. The van der Waals surface area contributed by atoms with Gasteiger partial charge in [0.15, 0.2) is 5.11 Å². The fourth-order valence-corrected chi connectivity index (χ4v) is 4.41. The van der Waals surface area contributed by atoms with Gasteiger partial charge in [0, 0.05) is 31.7 Å². The molecule has 1 aromatic rings. The lowest BCUT2D eigenvalue weighted by molar-refractivity contribution is -0.907. The van der Waals surface area contributed by atoms with Gasteiger partial charge in [-0.3, -0.25) is 4.79 Å². The molecule has 2 N–H and O–H groups in total. The molecule has 0 radical (unpaired) electrons. The van der Waals surface area contributed by atoms with Gasteiger partial charge in [0.2, 0.25) is 5.91 Å². The molecule has 0 atom stereocenters. The number of hydrogen-bond acceptors (Lipinski definition) is 3. The Balaban J connectivity index is 1.64. The Labute approximate surface area is 173 Å². The molecular formula is C21H33N4O2S+. The van der Waals surface area contributed by atoms with Crippen molar-refractivity contribution in [2.45, 2.75) is 32.7 Å². The van der Waals surface area contributed by atoms with Gasteiger partial charge < -0.3 is 24.8 Å². The van der Waals surface area contributed by atoms with Gasteiger partial charge in [0.05, 0.1) is 26.3 Å². The summed E-state index contributed by atoms with van der Waals surface area (Å²) in [6.45, 7) is 11.2. The van der Waals surface area contributed by atoms with Crippen LogP contribution >= 0.6 is 12.2 Å². The predicted octanol–water partition coefficient (Wildman–Crippen LogP) is 0.920. The van der Waals surface area contributed by atoms with E-state index in [9.17, 15) is 4.79 Å². The highest BCUT2D eigenvalue weighted by Gasteiger charge is 2.28. The molecule has 0 aliphatic carbocycles. The monoisotopic (exact) mass is 405 g/mol. The smallest absolute Gasteiger partial charge is 0.219 e. The molecule has 6 nitrogen and oxygen atoms in total. The number of aryl methyl sites for hydroxylation is 1. The average molecular weight is 406 g/mol. The summed E-state index contributed by atoms with van der Waals surface area (Å²) in [6.07, 6.45) is 1.93. The third kappa shape index (κ3) is 5.90. The summed E-state index contributed by atoms with van der Waals surface area (Å²) in [6, 6.07) is 8.69. The topological polar surface area (TPSA) is 49.3 Å². The zero-order chi connectivity index (χ0) is 19.9. The lowest BCUT2D eigenvalue weighted by atomic mass is 10.0. The van der Waals surface area contributed by atoms with E-state index in [1.54, 1.807) is 11.8 Å². The molecule has 0 bridgehead atoms. The van der Waals surface area contributed by atoms with Crippen LogP contribution in [0.2, 0.25) is 0 Å². The number of ether oxygens (including phenoxy) is 1. The third-order valence-electron chi connectivity index (χ3n) is 5.79. The maximum absolute atomic E-state index is 11.7. The number of likely N-dealkylation sites (tertiary alicyclic amines) is 1. The second-order valence-corrected chi connectivity index (χ2v) is 8.23. The van der Waals surface area contributed by atoms with E-state index >= 15 is 0 Å². The van der Waals surface area contributed by atoms with E-state index in [0.29, 0.717) is 6.04 Å². The highest BCUT2D eigenvalue weighted by Crippen LogP contribution is 2.19. The fourth-order valence-electron chi connectivity index (χ4n) is 4.05. The minimum atomic E-state index is 0.170. The van der Waals surface area contributed by atoms with Crippen molar-refractivity contribution < 1.29 is 14.4 Å². The van der Waals surface area contributed by atoms with Crippen molar-refractivity contribution in [1.82, 2.24) is 9.80 Å². The first-order valence-electron chi connectivity index (χ1n) is 10.3. The Kier molecular flexibility index (Phi) is 7.65. The van der Waals surface area contributed by atoms with Crippen molar-refractivity contribution in [2.75, 3.05) is 57.8 Å². The van der Waals surface area contributed by atoms with Crippen LogP contribution < -0.4 is 10.2 Å². The Morgan fingerprint density at radius 2 is 2.04 bits per heavy atom. The van der Waals surface area contributed by atoms with Crippen LogP contribution in [0.4, 0.5) is 5.69 Å². The van der Waals surface area contributed by atoms with Crippen LogP contribution in [0.3, 0.4) is 0 Å². The first kappa shape index (κ1) is 21.0. The lowest BCUT2D eigenvalue weighted by Gasteiger charge is -2.40. The van der Waals surface area contributed by atoms with Crippen molar-refractivity contribution in [3.8, 4) is 0 Å². The molecule has 0 aromatic heterocycles. The molecule has 0 spiro atoms. The van der Waals surface area contributed by atoms with Crippen molar-refractivity contribution in [2.24, 2.45) is 0 Å². The van der Waals surface area contributed by atoms with Crippen molar-refractivity contribution in [3.63, 3.8) is 0 Å². The molecule has 1 amide bonds. The molecule has 154 valence electrons. The van der Waals surface area contributed by atoms with Crippen LogP contribution in [0.25, 0.3) is 0 Å². The number of morpholine rings is 1. The van der Waals surface area contributed by atoms with Crippen LogP contribution in [-0.2, 0) is 9.53 Å². The molecule has 2 aliphatic rings. The lowest BCUT2D eigenvalue weighted by Crippen LogP contribution is -3.14. The Morgan fingerprint density at radius 3 is 2.68 bits per heavy atom. The van der Waals surface area contributed by atoms with Crippen LogP contribution in [0.5, 0.6) is 0 Å². The summed E-state index contributed by atoms with van der Waals surface area (Å²) in [4.78, 5) is 17.6. The number of nitrogens with one attached hydrogen (secondary N) is 2. The Hall–Kier alpha value is -1.70. The van der Waals surface area contributed by atoms with Gasteiger partial charge >= 0.3 is 0 Å². The van der Waals surface area contributed by atoms with Gasteiger partial charge in [-0.05, 0) is 49.7 Å². The molecule has 28 heavy (non-hydrogen) atoms. The van der Waals surface area contributed by atoms with E-state index in [0.717, 1.165) is 76.1 Å². The minimum absolute atomic E-state index is 0.170. The van der Waals surface area contributed by atoms with Crippen LogP contribution in [0, 0.1) is 6.92 Å². The number of anilines is 1. The quantitative estimate of drug-likeness (QED) is 0.714. The fraction of sp³-hybridized carbons (Fsp3) is 0.619. The number of nitrogens with zero attached hydrogens (tertiary/aromatic N) is 2. The van der Waals surface area contributed by atoms with Crippen molar-refractivity contribution in [3.05, 3.63) is 29.8 Å². The first-order chi connectivity index (χ1) is 13.5. The summed E-state index contributed by atoms with van der Waals surface area (Å²) < 4.78 is 5.48. The zero-order valence-corrected chi connectivity index (χ0v) is 17.9. The number of carbonyl (C=O) groups is 1. The molecule has 2 heterocycles. The molecule has 2 saturated heterocycles. The van der Waals surface area contributed by atoms with Crippen LogP contribution in [0.15, 0.2) is 24.3 Å². The molecule has 2 aliphatic heterocycles. The molecule has 2 fully saturated rings. The second-order valence-electron chi connectivity index (χ2n) is 7.84. The number of carbonyl (C=O) groups excluding carboxylic acids is 1. The number of benzene rings is 1. The molecule has 7 heteroatoms. The van der Waals surface area contributed by atoms with Crippen LogP contribution in [-0.4, -0.2) is 79.3 Å². The second kappa shape index (κ2) is 10.2. The molecule has 3 rings (SSSR count). The van der Waals surface area contributed by atoms with Gasteiger partial charge in [0.25, 0.3) is 0 Å². The number of piperidine rings is 1. The number of rotatable bonds is 5. The SMILES string of the molecule is CC(=O)N1CCC(N(CC[NH+]2CCOCC2)C(=S)Nc2cccc(C)c2)CC1. The minimum Gasteiger partial charge on any atom is -0.370 e. The van der Waals surface area contributed by atoms with Gasteiger partial charge in [-0.2, -0.15) is 0 Å². The predicted molar refractivity (Wildman–Crippen MR) is 116 cm³/mol. The maximum Gasteiger partial charge on any atom is 0.219 e. The third-order valence-corrected chi connectivity index (χ3v) is 6.12. The highest BCUT2D eigenvalue weighted by atomic mass is 32.1.